The summed E-state index contributed by atoms with van der Waals surface area (Å²) in [5.74, 6) is 0.858. The molecule has 1 saturated heterocycles. The molecule has 0 aliphatic carbocycles. The SMILES string of the molecule is CCCN1CCC(c2cccc(NS(=O)(=O)c3ccc(C(C)C)cc3)c2)C1.Cl. The van der Waals surface area contributed by atoms with Crippen molar-refractivity contribution in [2.24, 2.45) is 0 Å². The van der Waals surface area contributed by atoms with Crippen molar-refractivity contribution in [2.45, 2.75) is 50.3 Å². The molecule has 4 nitrogen and oxygen atoms in total. The summed E-state index contributed by atoms with van der Waals surface area (Å²) in [4.78, 5) is 2.78. The smallest absolute Gasteiger partial charge is 0.261 e. The highest BCUT2D eigenvalue weighted by molar-refractivity contribution is 7.92. The summed E-state index contributed by atoms with van der Waals surface area (Å²) in [5, 5.41) is 0. The third-order valence-corrected chi connectivity index (χ3v) is 6.68. The maximum absolute atomic E-state index is 12.7. The fraction of sp³-hybridized carbons (Fsp3) is 0.455. The molecule has 154 valence electrons. The molecule has 28 heavy (non-hydrogen) atoms. The third kappa shape index (κ3) is 5.49. The Bertz CT molecular complexity index is 866. The van der Waals surface area contributed by atoms with Crippen LogP contribution in [0.5, 0.6) is 0 Å². The quantitative estimate of drug-likeness (QED) is 0.664. The Morgan fingerprint density at radius 1 is 1.14 bits per heavy atom. The van der Waals surface area contributed by atoms with Gasteiger partial charge in [-0.1, -0.05) is 45.0 Å². The number of likely N-dealkylation sites (tertiary alicyclic amines) is 1. The minimum absolute atomic E-state index is 0. The number of hydrogen-bond acceptors (Lipinski definition) is 3. The molecule has 1 unspecified atom stereocenters. The fourth-order valence-electron chi connectivity index (χ4n) is 3.73. The predicted octanol–water partition coefficient (Wildman–Crippen LogP) is 5.23. The highest BCUT2D eigenvalue weighted by Crippen LogP contribution is 2.29. The van der Waals surface area contributed by atoms with E-state index < -0.39 is 10.0 Å². The van der Waals surface area contributed by atoms with Crippen molar-refractivity contribution in [2.75, 3.05) is 24.4 Å². The number of sulfonamides is 1. The molecule has 0 amide bonds. The molecule has 2 aromatic carbocycles. The molecule has 1 aliphatic rings. The van der Waals surface area contributed by atoms with Gasteiger partial charge in [0.2, 0.25) is 0 Å². The van der Waals surface area contributed by atoms with Gasteiger partial charge in [-0.3, -0.25) is 4.72 Å². The van der Waals surface area contributed by atoms with Crippen LogP contribution in [0.3, 0.4) is 0 Å². The van der Waals surface area contributed by atoms with Gasteiger partial charge in [-0.25, -0.2) is 8.42 Å². The lowest BCUT2D eigenvalue weighted by atomic mass is 9.98. The van der Waals surface area contributed by atoms with E-state index in [1.165, 1.54) is 12.0 Å². The fourth-order valence-corrected chi connectivity index (χ4v) is 4.78. The molecule has 1 heterocycles. The maximum atomic E-state index is 12.7. The van der Waals surface area contributed by atoms with Crippen molar-refractivity contribution >= 4 is 28.1 Å². The molecule has 2 aromatic rings. The molecule has 0 radical (unpaired) electrons. The van der Waals surface area contributed by atoms with E-state index in [-0.39, 0.29) is 12.4 Å². The number of benzene rings is 2. The molecule has 1 atom stereocenters. The molecule has 1 fully saturated rings. The topological polar surface area (TPSA) is 49.4 Å². The zero-order valence-electron chi connectivity index (χ0n) is 16.9. The van der Waals surface area contributed by atoms with E-state index in [1.807, 2.05) is 30.3 Å². The molecule has 0 saturated carbocycles. The van der Waals surface area contributed by atoms with Crippen LogP contribution in [0.25, 0.3) is 0 Å². The Balaban J connectivity index is 0.00000280. The van der Waals surface area contributed by atoms with Crippen LogP contribution in [0.4, 0.5) is 5.69 Å². The second-order valence-corrected chi connectivity index (χ2v) is 9.42. The van der Waals surface area contributed by atoms with Gasteiger partial charge in [0, 0.05) is 12.2 Å². The first-order valence-corrected chi connectivity index (χ1v) is 11.3. The first-order chi connectivity index (χ1) is 12.9. The van der Waals surface area contributed by atoms with Crippen LogP contribution in [-0.2, 0) is 10.0 Å². The summed E-state index contributed by atoms with van der Waals surface area (Å²) in [7, 11) is -3.58. The van der Waals surface area contributed by atoms with Gasteiger partial charge >= 0.3 is 0 Å². The van der Waals surface area contributed by atoms with Crippen LogP contribution in [-0.4, -0.2) is 33.0 Å². The number of halogens is 1. The monoisotopic (exact) mass is 422 g/mol. The largest absolute Gasteiger partial charge is 0.303 e. The zero-order valence-corrected chi connectivity index (χ0v) is 18.5. The van der Waals surface area contributed by atoms with E-state index in [2.05, 4.69) is 36.5 Å². The number of rotatable bonds is 7. The van der Waals surface area contributed by atoms with Crippen molar-refractivity contribution < 1.29 is 8.42 Å². The summed E-state index contributed by atoms with van der Waals surface area (Å²) in [5.41, 5.74) is 2.98. The van der Waals surface area contributed by atoms with Crippen LogP contribution in [0, 0.1) is 0 Å². The van der Waals surface area contributed by atoms with E-state index in [4.69, 9.17) is 0 Å². The van der Waals surface area contributed by atoms with Gasteiger partial charge in [0.25, 0.3) is 10.0 Å². The lowest BCUT2D eigenvalue weighted by Gasteiger charge is -2.16. The molecular weight excluding hydrogens is 392 g/mol. The van der Waals surface area contributed by atoms with Crippen molar-refractivity contribution in [1.29, 1.82) is 0 Å². The highest BCUT2D eigenvalue weighted by atomic mass is 35.5. The summed E-state index contributed by atoms with van der Waals surface area (Å²) in [6.07, 6.45) is 2.30. The normalized spacial score (nSPS) is 17.5. The van der Waals surface area contributed by atoms with Crippen LogP contribution < -0.4 is 4.72 Å². The van der Waals surface area contributed by atoms with E-state index in [0.29, 0.717) is 22.4 Å². The Kier molecular flexibility index (Phi) is 7.93. The third-order valence-electron chi connectivity index (χ3n) is 5.28. The molecule has 3 rings (SSSR count). The minimum atomic E-state index is -3.58. The van der Waals surface area contributed by atoms with E-state index in [0.717, 1.165) is 31.6 Å². The van der Waals surface area contributed by atoms with Gasteiger partial charge in [-0.15, -0.1) is 12.4 Å². The lowest BCUT2D eigenvalue weighted by Crippen LogP contribution is -2.21. The lowest BCUT2D eigenvalue weighted by molar-refractivity contribution is 0.335. The van der Waals surface area contributed by atoms with E-state index in [1.54, 1.807) is 12.1 Å². The first-order valence-electron chi connectivity index (χ1n) is 9.84. The molecule has 0 bridgehead atoms. The Morgan fingerprint density at radius 2 is 1.86 bits per heavy atom. The molecule has 0 spiro atoms. The Labute approximate surface area is 175 Å². The number of nitrogens with one attached hydrogen (secondary N) is 1. The van der Waals surface area contributed by atoms with Gasteiger partial charge < -0.3 is 4.90 Å². The molecule has 0 aromatic heterocycles. The van der Waals surface area contributed by atoms with E-state index in [9.17, 15) is 8.42 Å². The van der Waals surface area contributed by atoms with Gasteiger partial charge in [0.1, 0.15) is 0 Å². The molecule has 1 N–H and O–H groups in total. The number of nitrogens with zero attached hydrogens (tertiary/aromatic N) is 1. The van der Waals surface area contributed by atoms with Gasteiger partial charge in [-0.05, 0) is 73.2 Å². The Hall–Kier alpha value is -1.56. The first kappa shape index (κ1) is 22.7. The summed E-state index contributed by atoms with van der Waals surface area (Å²) >= 11 is 0. The number of hydrogen-bond donors (Lipinski definition) is 1. The van der Waals surface area contributed by atoms with Gasteiger partial charge in [0.15, 0.2) is 0 Å². The second kappa shape index (κ2) is 9.77. The summed E-state index contributed by atoms with van der Waals surface area (Å²) in [6, 6.07) is 15.0. The Morgan fingerprint density at radius 3 is 2.50 bits per heavy atom. The van der Waals surface area contributed by atoms with Crippen LogP contribution in [0.15, 0.2) is 53.4 Å². The highest BCUT2D eigenvalue weighted by Gasteiger charge is 2.23. The average molecular weight is 423 g/mol. The average Bonchev–Trinajstić information content (AvgIpc) is 3.11. The van der Waals surface area contributed by atoms with Crippen molar-refractivity contribution in [3.63, 3.8) is 0 Å². The minimum Gasteiger partial charge on any atom is -0.303 e. The molecular formula is C22H31ClN2O2S. The second-order valence-electron chi connectivity index (χ2n) is 7.74. The predicted molar refractivity (Wildman–Crippen MR) is 119 cm³/mol. The van der Waals surface area contributed by atoms with Gasteiger partial charge in [0.05, 0.1) is 4.90 Å². The molecule has 6 heteroatoms. The van der Waals surface area contributed by atoms with Crippen LogP contribution in [0.2, 0.25) is 0 Å². The van der Waals surface area contributed by atoms with Crippen LogP contribution >= 0.6 is 12.4 Å². The van der Waals surface area contributed by atoms with Crippen molar-refractivity contribution in [1.82, 2.24) is 4.90 Å². The summed E-state index contributed by atoms with van der Waals surface area (Å²) in [6.45, 7) is 9.71. The standard InChI is InChI=1S/C22H30N2O2S.ClH/c1-4-13-24-14-12-20(16-24)19-6-5-7-21(15-19)23-27(25,26)22-10-8-18(9-11-22)17(2)3;/h5-11,15,17,20,23H,4,12-14,16H2,1-3H3;1H. The number of anilines is 1. The van der Waals surface area contributed by atoms with Crippen molar-refractivity contribution in [3.8, 4) is 0 Å². The van der Waals surface area contributed by atoms with Gasteiger partial charge in [-0.2, -0.15) is 0 Å². The zero-order chi connectivity index (χ0) is 19.4. The van der Waals surface area contributed by atoms with Crippen LogP contribution in [0.1, 0.15) is 56.6 Å². The van der Waals surface area contributed by atoms with E-state index >= 15 is 0 Å². The molecule has 1 aliphatic heterocycles. The van der Waals surface area contributed by atoms with Crippen molar-refractivity contribution in [3.05, 3.63) is 59.7 Å². The summed E-state index contributed by atoms with van der Waals surface area (Å²) < 4.78 is 28.2. The maximum Gasteiger partial charge on any atom is 0.261 e.